The topological polar surface area (TPSA) is 50.8 Å². The third-order valence-electron chi connectivity index (χ3n) is 5.20. The maximum atomic E-state index is 11.7. The smallest absolute Gasteiger partial charge is 0.222 e. The molecule has 0 bridgehead atoms. The second-order valence-electron chi connectivity index (χ2n) is 7.61. The summed E-state index contributed by atoms with van der Waals surface area (Å²) in [4.78, 5) is 13.6. The van der Waals surface area contributed by atoms with Gasteiger partial charge in [-0.15, -0.1) is 0 Å². The van der Waals surface area contributed by atoms with E-state index < -0.39 is 0 Å². The van der Waals surface area contributed by atoms with Gasteiger partial charge in [0.15, 0.2) is 11.5 Å². The summed E-state index contributed by atoms with van der Waals surface area (Å²) < 4.78 is 11.8. The van der Waals surface area contributed by atoms with E-state index in [2.05, 4.69) is 36.5 Å². The molecule has 1 saturated heterocycles. The van der Waals surface area contributed by atoms with Crippen LogP contribution in [0.3, 0.4) is 0 Å². The van der Waals surface area contributed by atoms with Crippen molar-refractivity contribution in [1.82, 2.24) is 10.2 Å². The lowest BCUT2D eigenvalue weighted by Crippen LogP contribution is -2.28. The van der Waals surface area contributed by atoms with Gasteiger partial charge in [0, 0.05) is 37.1 Å². The lowest BCUT2D eigenvalue weighted by atomic mass is 10.1. The van der Waals surface area contributed by atoms with E-state index in [1.807, 2.05) is 24.0 Å². The predicted molar refractivity (Wildman–Crippen MR) is 120 cm³/mol. The van der Waals surface area contributed by atoms with Crippen LogP contribution in [0.1, 0.15) is 42.9 Å². The lowest BCUT2D eigenvalue weighted by Gasteiger charge is -2.17. The number of nitrogens with one attached hydrogen (secondary N) is 1. The molecule has 0 aromatic heterocycles. The molecule has 0 atom stereocenters. The minimum atomic E-state index is 0.278. The van der Waals surface area contributed by atoms with Gasteiger partial charge >= 0.3 is 0 Å². The normalized spacial score (nSPS) is 13.7. The molecule has 0 radical (unpaired) electrons. The first-order chi connectivity index (χ1) is 14.6. The molecule has 3 rings (SSSR count). The predicted octanol–water partition coefficient (Wildman–Crippen LogP) is 4.73. The first kappa shape index (κ1) is 22.4. The maximum Gasteiger partial charge on any atom is 0.222 e. The van der Waals surface area contributed by atoms with Crippen molar-refractivity contribution >= 4 is 17.5 Å². The van der Waals surface area contributed by atoms with Crippen LogP contribution in [0, 0.1) is 6.92 Å². The summed E-state index contributed by atoms with van der Waals surface area (Å²) in [5.74, 6) is 1.63. The zero-order valence-corrected chi connectivity index (χ0v) is 18.6. The molecule has 0 unspecified atom stereocenters. The Hall–Kier alpha value is -2.24. The summed E-state index contributed by atoms with van der Waals surface area (Å²) in [5.41, 5.74) is 3.29. The fraction of sp³-hybridized carbons (Fsp3) is 0.458. The number of ether oxygens (including phenoxy) is 2. The summed E-state index contributed by atoms with van der Waals surface area (Å²) in [5, 5.41) is 4.07. The van der Waals surface area contributed by atoms with Crippen molar-refractivity contribution in [2.75, 3.05) is 26.2 Å². The van der Waals surface area contributed by atoms with E-state index in [1.165, 1.54) is 5.56 Å². The fourth-order valence-corrected chi connectivity index (χ4v) is 3.72. The van der Waals surface area contributed by atoms with Crippen LogP contribution >= 0.6 is 11.6 Å². The highest BCUT2D eigenvalue weighted by atomic mass is 35.5. The van der Waals surface area contributed by atoms with Crippen LogP contribution in [0.4, 0.5) is 0 Å². The molecule has 30 heavy (non-hydrogen) atoms. The standard InChI is InChI=1S/C24H31ClN2O3/c1-3-29-22-14-20(16-26-11-5-13-27-12-4-6-24(27)28)21(25)15-23(22)30-17-19-9-7-18(2)8-10-19/h7-10,14-15,26H,3-6,11-13,16-17H2,1-2H3. The number of carbonyl (C=O) groups excluding carboxylic acids is 1. The number of carbonyl (C=O) groups is 1. The molecule has 5 nitrogen and oxygen atoms in total. The number of rotatable bonds is 11. The molecule has 1 fully saturated rings. The molecule has 0 spiro atoms. The Morgan fingerprint density at radius 1 is 1.13 bits per heavy atom. The molecule has 0 saturated carbocycles. The van der Waals surface area contributed by atoms with E-state index in [9.17, 15) is 4.79 Å². The average Bonchev–Trinajstić information content (AvgIpc) is 3.14. The number of hydrogen-bond donors (Lipinski definition) is 1. The van der Waals surface area contributed by atoms with Crippen molar-refractivity contribution in [3.05, 3.63) is 58.1 Å². The Morgan fingerprint density at radius 3 is 2.60 bits per heavy atom. The van der Waals surface area contributed by atoms with Crippen molar-refractivity contribution in [2.24, 2.45) is 0 Å². The number of likely N-dealkylation sites (tertiary alicyclic amines) is 1. The number of aryl methyl sites for hydroxylation is 1. The highest BCUT2D eigenvalue weighted by Gasteiger charge is 2.19. The Labute approximate surface area is 184 Å². The number of amides is 1. The largest absolute Gasteiger partial charge is 0.490 e. The van der Waals surface area contributed by atoms with Crippen molar-refractivity contribution < 1.29 is 14.3 Å². The summed E-state index contributed by atoms with van der Waals surface area (Å²) in [6, 6.07) is 12.1. The Morgan fingerprint density at radius 2 is 1.90 bits per heavy atom. The Kier molecular flexibility index (Phi) is 8.40. The summed E-state index contributed by atoms with van der Waals surface area (Å²) in [6.45, 7) is 8.22. The second kappa shape index (κ2) is 11.2. The van der Waals surface area contributed by atoms with Gasteiger partial charge in [0.2, 0.25) is 5.91 Å². The van der Waals surface area contributed by atoms with Gasteiger partial charge in [0.05, 0.1) is 6.61 Å². The third kappa shape index (κ3) is 6.38. The van der Waals surface area contributed by atoms with Crippen LogP contribution in [0.5, 0.6) is 11.5 Å². The van der Waals surface area contributed by atoms with Crippen molar-refractivity contribution in [1.29, 1.82) is 0 Å². The van der Waals surface area contributed by atoms with E-state index in [-0.39, 0.29) is 5.91 Å². The molecule has 1 amide bonds. The van der Waals surface area contributed by atoms with Gasteiger partial charge in [-0.25, -0.2) is 0 Å². The van der Waals surface area contributed by atoms with E-state index >= 15 is 0 Å². The highest BCUT2D eigenvalue weighted by molar-refractivity contribution is 6.31. The average molecular weight is 431 g/mol. The van der Waals surface area contributed by atoms with Gasteiger partial charge in [-0.3, -0.25) is 4.79 Å². The number of halogens is 1. The van der Waals surface area contributed by atoms with Crippen LogP contribution in [-0.4, -0.2) is 37.0 Å². The zero-order chi connectivity index (χ0) is 21.3. The first-order valence-electron chi connectivity index (χ1n) is 10.7. The van der Waals surface area contributed by atoms with E-state index in [0.717, 1.165) is 43.6 Å². The molecular weight excluding hydrogens is 400 g/mol. The summed E-state index contributed by atoms with van der Waals surface area (Å²) >= 11 is 6.51. The molecule has 1 aliphatic heterocycles. The molecule has 1 heterocycles. The Balaban J connectivity index is 1.53. The monoisotopic (exact) mass is 430 g/mol. The first-order valence-corrected chi connectivity index (χ1v) is 11.1. The maximum absolute atomic E-state index is 11.7. The minimum absolute atomic E-state index is 0.278. The van der Waals surface area contributed by atoms with Crippen LogP contribution in [-0.2, 0) is 17.9 Å². The fourth-order valence-electron chi connectivity index (χ4n) is 3.50. The lowest BCUT2D eigenvalue weighted by molar-refractivity contribution is -0.127. The van der Waals surface area contributed by atoms with Crippen LogP contribution in [0.15, 0.2) is 36.4 Å². The van der Waals surface area contributed by atoms with E-state index in [4.69, 9.17) is 21.1 Å². The van der Waals surface area contributed by atoms with Crippen LogP contribution < -0.4 is 14.8 Å². The molecule has 2 aromatic rings. The SMILES string of the molecule is CCOc1cc(CNCCCN2CCCC2=O)c(Cl)cc1OCc1ccc(C)cc1. The molecule has 162 valence electrons. The molecule has 1 aliphatic rings. The highest BCUT2D eigenvalue weighted by Crippen LogP contribution is 2.34. The quantitative estimate of drug-likeness (QED) is 0.523. The number of hydrogen-bond acceptors (Lipinski definition) is 4. The van der Waals surface area contributed by atoms with Gasteiger partial charge in [0.1, 0.15) is 6.61 Å². The molecule has 6 heteroatoms. The zero-order valence-electron chi connectivity index (χ0n) is 17.9. The molecule has 1 N–H and O–H groups in total. The number of benzene rings is 2. The second-order valence-corrected chi connectivity index (χ2v) is 8.02. The van der Waals surface area contributed by atoms with Crippen molar-refractivity contribution in [3.63, 3.8) is 0 Å². The molecule has 2 aromatic carbocycles. The van der Waals surface area contributed by atoms with Gasteiger partial charge in [-0.05, 0) is 50.4 Å². The van der Waals surface area contributed by atoms with E-state index in [0.29, 0.717) is 42.7 Å². The molecule has 0 aliphatic carbocycles. The Bertz CT molecular complexity index is 839. The third-order valence-corrected chi connectivity index (χ3v) is 5.55. The van der Waals surface area contributed by atoms with Gasteiger partial charge < -0.3 is 19.7 Å². The van der Waals surface area contributed by atoms with Crippen LogP contribution in [0.25, 0.3) is 0 Å². The van der Waals surface area contributed by atoms with Crippen molar-refractivity contribution in [2.45, 2.75) is 46.3 Å². The molecular formula is C24H31ClN2O3. The van der Waals surface area contributed by atoms with Gasteiger partial charge in [-0.2, -0.15) is 0 Å². The van der Waals surface area contributed by atoms with Gasteiger partial charge in [0.25, 0.3) is 0 Å². The van der Waals surface area contributed by atoms with Crippen LogP contribution in [0.2, 0.25) is 5.02 Å². The minimum Gasteiger partial charge on any atom is -0.490 e. The van der Waals surface area contributed by atoms with Crippen molar-refractivity contribution in [3.8, 4) is 11.5 Å². The van der Waals surface area contributed by atoms with Gasteiger partial charge in [-0.1, -0.05) is 41.4 Å². The summed E-state index contributed by atoms with van der Waals surface area (Å²) in [7, 11) is 0. The van der Waals surface area contributed by atoms with E-state index in [1.54, 1.807) is 0 Å². The summed E-state index contributed by atoms with van der Waals surface area (Å²) in [6.07, 6.45) is 2.61. The number of nitrogens with zero attached hydrogens (tertiary/aromatic N) is 1.